The minimum absolute atomic E-state index is 0.111. The number of aryl methyl sites for hydroxylation is 1. The highest BCUT2D eigenvalue weighted by atomic mass is 16.5. The second kappa shape index (κ2) is 10.0. The molecule has 2 aromatic carbocycles. The summed E-state index contributed by atoms with van der Waals surface area (Å²) >= 11 is 0. The van der Waals surface area contributed by atoms with Crippen molar-refractivity contribution in [2.45, 2.75) is 25.5 Å². The number of nitrogens with zero attached hydrogens (tertiary/aromatic N) is 2. The van der Waals surface area contributed by atoms with E-state index >= 15 is 0 Å². The highest BCUT2D eigenvalue weighted by molar-refractivity contribution is 5.90. The Labute approximate surface area is 188 Å². The molecular weight excluding hydrogens is 408 g/mol. The Morgan fingerprint density at radius 2 is 1.81 bits per heavy atom. The summed E-state index contributed by atoms with van der Waals surface area (Å²) in [6.07, 6.45) is 0.0614. The maximum Gasteiger partial charge on any atom is 0.248 e. The molecule has 4 rings (SSSR count). The van der Waals surface area contributed by atoms with Gasteiger partial charge in [0.25, 0.3) is 0 Å². The van der Waals surface area contributed by atoms with Crippen LogP contribution in [0.1, 0.15) is 12.0 Å². The smallest absolute Gasteiger partial charge is 0.248 e. The van der Waals surface area contributed by atoms with Crippen LogP contribution in [-0.2, 0) is 9.59 Å². The minimum Gasteiger partial charge on any atom is -0.489 e. The summed E-state index contributed by atoms with van der Waals surface area (Å²) in [6.45, 7) is 5.08. The monoisotopic (exact) mass is 438 g/mol. The van der Waals surface area contributed by atoms with Gasteiger partial charge in [0, 0.05) is 38.4 Å². The van der Waals surface area contributed by atoms with Gasteiger partial charge in [-0.05, 0) is 43.2 Å². The molecule has 0 spiro atoms. The highest BCUT2D eigenvalue weighted by Crippen LogP contribution is 2.25. The van der Waals surface area contributed by atoms with Crippen LogP contribution in [0.15, 0.2) is 54.6 Å². The Morgan fingerprint density at radius 1 is 1.06 bits per heavy atom. The molecule has 0 aliphatic carbocycles. The molecule has 0 radical (unpaired) electrons. The van der Waals surface area contributed by atoms with Gasteiger partial charge in [-0.3, -0.25) is 14.8 Å². The van der Waals surface area contributed by atoms with Gasteiger partial charge < -0.3 is 19.9 Å². The van der Waals surface area contributed by atoms with E-state index in [1.54, 1.807) is 10.4 Å². The molecule has 2 aromatic rings. The summed E-state index contributed by atoms with van der Waals surface area (Å²) in [5, 5.41) is 12.5. The number of piperidine rings is 1. The maximum atomic E-state index is 13.3. The van der Waals surface area contributed by atoms with E-state index < -0.39 is 17.9 Å². The maximum absolute atomic E-state index is 13.3. The molecule has 0 unspecified atom stereocenters. The number of ether oxygens (including phenoxy) is 1. The predicted molar refractivity (Wildman–Crippen MR) is 121 cm³/mol. The topological polar surface area (TPSA) is 94.1 Å². The van der Waals surface area contributed by atoms with Gasteiger partial charge >= 0.3 is 0 Å². The van der Waals surface area contributed by atoms with Crippen LogP contribution in [0.4, 0.5) is 5.69 Å². The van der Waals surface area contributed by atoms with Crippen LogP contribution in [0.2, 0.25) is 0 Å². The average Bonchev–Trinajstić information content (AvgIpc) is 2.84. The molecule has 2 amide bonds. The van der Waals surface area contributed by atoms with Crippen molar-refractivity contribution < 1.29 is 19.5 Å². The standard InChI is InChI=1S/C24H30N4O4/c1-17-6-5-9-19(14-17)32-20-15-21(23(29)26-31)22(25-16-20)24(30)28-12-10-27(11-13-28)18-7-3-2-4-8-18/h2-9,14,20-22,25,31H,10-13,15-16H2,1H3,(H,26,29)/t20-,21-,22-/m0/s1. The number of piperazine rings is 1. The van der Waals surface area contributed by atoms with E-state index in [4.69, 9.17) is 4.74 Å². The first-order valence-electron chi connectivity index (χ1n) is 11.0. The normalized spacial score (nSPS) is 23.5. The van der Waals surface area contributed by atoms with Gasteiger partial charge in [-0.15, -0.1) is 0 Å². The lowest BCUT2D eigenvalue weighted by atomic mass is 9.87. The van der Waals surface area contributed by atoms with Crippen molar-refractivity contribution in [3.05, 3.63) is 60.2 Å². The lowest BCUT2D eigenvalue weighted by Crippen LogP contribution is -2.62. The highest BCUT2D eigenvalue weighted by Gasteiger charge is 2.42. The van der Waals surface area contributed by atoms with Crippen molar-refractivity contribution in [3.63, 3.8) is 0 Å². The number of hydrogen-bond acceptors (Lipinski definition) is 6. The summed E-state index contributed by atoms with van der Waals surface area (Å²) in [5.41, 5.74) is 3.96. The molecule has 170 valence electrons. The van der Waals surface area contributed by atoms with Crippen LogP contribution >= 0.6 is 0 Å². The zero-order valence-electron chi connectivity index (χ0n) is 18.2. The van der Waals surface area contributed by atoms with Gasteiger partial charge in [-0.1, -0.05) is 30.3 Å². The number of nitrogens with one attached hydrogen (secondary N) is 2. The van der Waals surface area contributed by atoms with Gasteiger partial charge in [0.15, 0.2) is 0 Å². The molecule has 3 atom stereocenters. The van der Waals surface area contributed by atoms with Crippen molar-refractivity contribution in [2.24, 2.45) is 5.92 Å². The quantitative estimate of drug-likeness (QED) is 0.485. The number of anilines is 1. The number of rotatable bonds is 5. The lowest BCUT2D eigenvalue weighted by molar-refractivity contribution is -0.145. The van der Waals surface area contributed by atoms with E-state index in [1.807, 2.05) is 49.4 Å². The third-order valence-corrected chi connectivity index (χ3v) is 6.20. The molecule has 2 heterocycles. The summed E-state index contributed by atoms with van der Waals surface area (Å²) in [4.78, 5) is 29.8. The Balaban J connectivity index is 1.39. The molecule has 0 bridgehead atoms. The molecule has 32 heavy (non-hydrogen) atoms. The van der Waals surface area contributed by atoms with Crippen LogP contribution < -0.4 is 20.4 Å². The Bertz CT molecular complexity index is 931. The second-order valence-corrected chi connectivity index (χ2v) is 8.41. The lowest BCUT2D eigenvalue weighted by Gasteiger charge is -2.41. The third kappa shape index (κ3) is 5.03. The second-order valence-electron chi connectivity index (χ2n) is 8.41. The van der Waals surface area contributed by atoms with E-state index in [2.05, 4.69) is 22.3 Å². The van der Waals surface area contributed by atoms with E-state index in [0.717, 1.165) is 30.1 Å². The minimum atomic E-state index is -0.719. The van der Waals surface area contributed by atoms with Gasteiger partial charge in [0.05, 0.1) is 12.0 Å². The Hall–Kier alpha value is -3.10. The SMILES string of the molecule is Cc1cccc(O[C@@H]2CN[C@H](C(=O)N3CCN(c4ccccc4)CC3)[C@@H](C(=O)NO)C2)c1. The Kier molecular flexibility index (Phi) is 6.92. The summed E-state index contributed by atoms with van der Waals surface area (Å²) in [7, 11) is 0. The number of hydrogen-bond donors (Lipinski definition) is 3. The number of para-hydroxylation sites is 1. The fraction of sp³-hybridized carbons (Fsp3) is 0.417. The van der Waals surface area contributed by atoms with E-state index in [-0.39, 0.29) is 12.0 Å². The molecule has 2 aliphatic rings. The zero-order chi connectivity index (χ0) is 22.5. The Morgan fingerprint density at radius 3 is 2.50 bits per heavy atom. The molecule has 8 nitrogen and oxygen atoms in total. The number of amides is 2. The first-order valence-corrected chi connectivity index (χ1v) is 11.0. The van der Waals surface area contributed by atoms with Gasteiger partial charge in [0.1, 0.15) is 11.9 Å². The van der Waals surface area contributed by atoms with Crippen molar-refractivity contribution >= 4 is 17.5 Å². The van der Waals surface area contributed by atoms with Crippen LogP contribution in [0.5, 0.6) is 5.75 Å². The number of carbonyl (C=O) groups is 2. The van der Waals surface area contributed by atoms with Gasteiger partial charge in [0.2, 0.25) is 11.8 Å². The number of carbonyl (C=O) groups excluding carboxylic acids is 2. The van der Waals surface area contributed by atoms with E-state index in [0.29, 0.717) is 26.1 Å². The third-order valence-electron chi connectivity index (χ3n) is 6.20. The largest absolute Gasteiger partial charge is 0.489 e. The van der Waals surface area contributed by atoms with Gasteiger partial charge in [-0.2, -0.15) is 0 Å². The van der Waals surface area contributed by atoms with Gasteiger partial charge in [-0.25, -0.2) is 5.48 Å². The molecule has 2 aliphatic heterocycles. The first-order chi connectivity index (χ1) is 15.5. The van der Waals surface area contributed by atoms with E-state index in [9.17, 15) is 14.8 Å². The van der Waals surface area contributed by atoms with Crippen molar-refractivity contribution in [1.82, 2.24) is 15.7 Å². The molecular formula is C24H30N4O4. The summed E-state index contributed by atoms with van der Waals surface area (Å²) in [5.74, 6) is -0.679. The molecule has 0 aromatic heterocycles. The van der Waals surface area contributed by atoms with Crippen molar-refractivity contribution in [3.8, 4) is 5.75 Å². The van der Waals surface area contributed by atoms with Crippen LogP contribution in [0, 0.1) is 12.8 Å². The molecule has 2 fully saturated rings. The zero-order valence-corrected chi connectivity index (χ0v) is 18.2. The van der Waals surface area contributed by atoms with Crippen LogP contribution in [0.3, 0.4) is 0 Å². The first kappa shape index (κ1) is 22.1. The number of hydroxylamine groups is 1. The average molecular weight is 439 g/mol. The van der Waals surface area contributed by atoms with E-state index in [1.165, 1.54) is 0 Å². The fourth-order valence-electron chi connectivity index (χ4n) is 4.50. The predicted octanol–water partition coefficient (Wildman–Crippen LogP) is 1.57. The summed E-state index contributed by atoms with van der Waals surface area (Å²) < 4.78 is 6.04. The van der Waals surface area contributed by atoms with Crippen LogP contribution in [0.25, 0.3) is 0 Å². The number of benzene rings is 2. The molecule has 0 saturated carbocycles. The molecule has 3 N–H and O–H groups in total. The molecule has 8 heteroatoms. The summed E-state index contributed by atoms with van der Waals surface area (Å²) in [6, 6.07) is 17.1. The van der Waals surface area contributed by atoms with Crippen molar-refractivity contribution in [1.29, 1.82) is 0 Å². The molecule has 2 saturated heterocycles. The van der Waals surface area contributed by atoms with Crippen LogP contribution in [-0.4, -0.2) is 66.8 Å². The fourth-order valence-corrected chi connectivity index (χ4v) is 4.50. The van der Waals surface area contributed by atoms with Crippen molar-refractivity contribution in [2.75, 3.05) is 37.6 Å².